The SMILES string of the molecule is C(=C\N(c1ccccc1)c1ncccn1)/c1ccccc1. The molecular formula is C18H15N3. The zero-order valence-electron chi connectivity index (χ0n) is 11.5. The normalized spacial score (nSPS) is 10.7. The van der Waals surface area contributed by atoms with Crippen molar-refractivity contribution in [2.24, 2.45) is 0 Å². The molecule has 0 saturated carbocycles. The lowest BCUT2D eigenvalue weighted by Crippen LogP contribution is -2.11. The molecule has 0 aliphatic rings. The number of aromatic nitrogens is 2. The van der Waals surface area contributed by atoms with Gasteiger partial charge in [-0.1, -0.05) is 48.5 Å². The van der Waals surface area contributed by atoms with Crippen molar-refractivity contribution in [2.45, 2.75) is 0 Å². The minimum Gasteiger partial charge on any atom is -0.286 e. The summed E-state index contributed by atoms with van der Waals surface area (Å²) in [7, 11) is 0. The van der Waals surface area contributed by atoms with Crippen LogP contribution in [0.5, 0.6) is 0 Å². The summed E-state index contributed by atoms with van der Waals surface area (Å²) in [6.07, 6.45) is 7.52. The van der Waals surface area contributed by atoms with Gasteiger partial charge in [0.2, 0.25) is 5.95 Å². The minimum atomic E-state index is 0.649. The summed E-state index contributed by atoms with van der Waals surface area (Å²) >= 11 is 0. The van der Waals surface area contributed by atoms with Crippen LogP contribution in [0.4, 0.5) is 11.6 Å². The van der Waals surface area contributed by atoms with Gasteiger partial charge in [-0.25, -0.2) is 9.97 Å². The molecule has 2 aromatic carbocycles. The third-order valence-corrected chi connectivity index (χ3v) is 3.02. The van der Waals surface area contributed by atoms with Crippen LogP contribution < -0.4 is 4.90 Å². The summed E-state index contributed by atoms with van der Waals surface area (Å²) in [6, 6.07) is 22.0. The topological polar surface area (TPSA) is 29.0 Å². The third-order valence-electron chi connectivity index (χ3n) is 3.02. The Labute approximate surface area is 124 Å². The second kappa shape index (κ2) is 6.48. The van der Waals surface area contributed by atoms with Gasteiger partial charge in [0.25, 0.3) is 0 Å². The van der Waals surface area contributed by atoms with E-state index in [0.717, 1.165) is 11.3 Å². The molecule has 3 rings (SSSR count). The molecule has 0 atom stereocenters. The first-order chi connectivity index (χ1) is 10.4. The number of para-hydroxylation sites is 1. The Balaban J connectivity index is 1.96. The average molecular weight is 273 g/mol. The van der Waals surface area contributed by atoms with Gasteiger partial charge in [-0.3, -0.25) is 4.90 Å². The Kier molecular flexibility index (Phi) is 4.03. The Morgan fingerprint density at radius 1 is 0.714 bits per heavy atom. The molecule has 0 aliphatic heterocycles. The maximum atomic E-state index is 4.33. The van der Waals surface area contributed by atoms with Crippen molar-refractivity contribution in [2.75, 3.05) is 4.90 Å². The molecule has 0 radical (unpaired) electrons. The molecule has 3 heteroatoms. The van der Waals surface area contributed by atoms with Crippen LogP contribution in [0, 0.1) is 0 Å². The number of nitrogens with zero attached hydrogens (tertiary/aromatic N) is 3. The molecule has 3 nitrogen and oxygen atoms in total. The van der Waals surface area contributed by atoms with Crippen LogP contribution in [0.25, 0.3) is 6.08 Å². The molecular weight excluding hydrogens is 258 g/mol. The summed E-state index contributed by atoms with van der Waals surface area (Å²) in [6.45, 7) is 0. The largest absolute Gasteiger partial charge is 0.286 e. The molecule has 1 heterocycles. The van der Waals surface area contributed by atoms with Crippen molar-refractivity contribution in [1.29, 1.82) is 0 Å². The third kappa shape index (κ3) is 3.34. The molecule has 0 unspecified atom stereocenters. The van der Waals surface area contributed by atoms with Crippen LogP contribution in [-0.2, 0) is 0 Å². The lowest BCUT2D eigenvalue weighted by molar-refractivity contribution is 1.08. The molecule has 102 valence electrons. The quantitative estimate of drug-likeness (QED) is 0.710. The maximum absolute atomic E-state index is 4.33. The highest BCUT2D eigenvalue weighted by molar-refractivity contribution is 5.64. The average Bonchev–Trinajstić information content (AvgIpc) is 2.58. The molecule has 21 heavy (non-hydrogen) atoms. The standard InChI is InChI=1S/C18H15N3/c1-3-8-16(9-4-1)12-15-21(17-10-5-2-6-11-17)18-19-13-7-14-20-18/h1-15H/b15-12+. The first-order valence-electron chi connectivity index (χ1n) is 6.78. The number of rotatable bonds is 4. The summed E-state index contributed by atoms with van der Waals surface area (Å²) in [5, 5.41) is 0. The molecule has 0 aliphatic carbocycles. The number of hydrogen-bond donors (Lipinski definition) is 0. The minimum absolute atomic E-state index is 0.649. The monoisotopic (exact) mass is 273 g/mol. The molecule has 0 fully saturated rings. The lowest BCUT2D eigenvalue weighted by Gasteiger charge is -2.18. The summed E-state index contributed by atoms with van der Waals surface area (Å²) in [4.78, 5) is 10.6. The van der Waals surface area contributed by atoms with Gasteiger partial charge < -0.3 is 0 Å². The highest BCUT2D eigenvalue weighted by atomic mass is 15.2. The van der Waals surface area contributed by atoms with Crippen LogP contribution >= 0.6 is 0 Å². The lowest BCUT2D eigenvalue weighted by atomic mass is 10.2. The van der Waals surface area contributed by atoms with Gasteiger partial charge in [0, 0.05) is 24.3 Å². The highest BCUT2D eigenvalue weighted by Crippen LogP contribution is 2.22. The Morgan fingerprint density at radius 2 is 1.33 bits per heavy atom. The van der Waals surface area contributed by atoms with E-state index < -0.39 is 0 Å². The predicted molar refractivity (Wildman–Crippen MR) is 86.1 cm³/mol. The van der Waals surface area contributed by atoms with Crippen LogP contribution in [0.1, 0.15) is 5.56 Å². The van der Waals surface area contributed by atoms with Crippen molar-refractivity contribution in [3.8, 4) is 0 Å². The van der Waals surface area contributed by atoms with E-state index in [9.17, 15) is 0 Å². The highest BCUT2D eigenvalue weighted by Gasteiger charge is 2.07. The van der Waals surface area contributed by atoms with Gasteiger partial charge in [0.05, 0.1) is 0 Å². The van der Waals surface area contributed by atoms with Crippen LogP contribution in [0.2, 0.25) is 0 Å². The van der Waals surface area contributed by atoms with Crippen molar-refractivity contribution in [1.82, 2.24) is 9.97 Å². The first-order valence-corrected chi connectivity index (χ1v) is 6.78. The van der Waals surface area contributed by atoms with Crippen molar-refractivity contribution in [3.05, 3.63) is 90.9 Å². The Morgan fingerprint density at radius 3 is 2.00 bits per heavy atom. The molecule has 0 saturated heterocycles. The second-order valence-electron chi connectivity index (χ2n) is 4.48. The molecule has 0 N–H and O–H groups in total. The van der Waals surface area contributed by atoms with E-state index >= 15 is 0 Å². The number of anilines is 2. The zero-order chi connectivity index (χ0) is 14.3. The molecule has 1 aromatic heterocycles. The van der Waals surface area contributed by atoms with Crippen LogP contribution in [-0.4, -0.2) is 9.97 Å². The second-order valence-corrected chi connectivity index (χ2v) is 4.48. The van der Waals surface area contributed by atoms with Gasteiger partial charge in [-0.15, -0.1) is 0 Å². The van der Waals surface area contributed by atoms with E-state index in [4.69, 9.17) is 0 Å². The van der Waals surface area contributed by atoms with Gasteiger partial charge in [0.15, 0.2) is 0 Å². The molecule has 0 bridgehead atoms. The summed E-state index contributed by atoms with van der Waals surface area (Å²) in [5.41, 5.74) is 2.16. The molecule has 3 aromatic rings. The smallest absolute Gasteiger partial charge is 0.234 e. The fraction of sp³-hybridized carbons (Fsp3) is 0. The van der Waals surface area contributed by atoms with Gasteiger partial charge >= 0.3 is 0 Å². The number of benzene rings is 2. The van der Waals surface area contributed by atoms with Crippen molar-refractivity contribution in [3.63, 3.8) is 0 Å². The first kappa shape index (κ1) is 13.1. The van der Waals surface area contributed by atoms with Gasteiger partial charge in [-0.2, -0.15) is 0 Å². The fourth-order valence-corrected chi connectivity index (χ4v) is 2.00. The van der Waals surface area contributed by atoms with E-state index in [-0.39, 0.29) is 0 Å². The van der Waals surface area contributed by atoms with Crippen LogP contribution in [0.3, 0.4) is 0 Å². The molecule has 0 amide bonds. The summed E-state index contributed by atoms with van der Waals surface area (Å²) in [5.74, 6) is 0.649. The van der Waals surface area contributed by atoms with E-state index in [0.29, 0.717) is 5.95 Å². The van der Waals surface area contributed by atoms with E-state index in [1.807, 2.05) is 71.8 Å². The maximum Gasteiger partial charge on any atom is 0.234 e. The van der Waals surface area contributed by atoms with E-state index in [2.05, 4.69) is 22.1 Å². The van der Waals surface area contributed by atoms with Gasteiger partial charge in [-0.05, 0) is 29.8 Å². The zero-order valence-corrected chi connectivity index (χ0v) is 11.5. The Hall–Kier alpha value is -2.94. The van der Waals surface area contributed by atoms with E-state index in [1.165, 1.54) is 0 Å². The fourth-order valence-electron chi connectivity index (χ4n) is 2.00. The van der Waals surface area contributed by atoms with Crippen LogP contribution in [0.15, 0.2) is 85.3 Å². The number of hydrogen-bond acceptors (Lipinski definition) is 3. The van der Waals surface area contributed by atoms with Crippen molar-refractivity contribution < 1.29 is 0 Å². The molecule has 0 spiro atoms. The van der Waals surface area contributed by atoms with Crippen molar-refractivity contribution >= 4 is 17.7 Å². The van der Waals surface area contributed by atoms with E-state index in [1.54, 1.807) is 12.4 Å². The van der Waals surface area contributed by atoms with Gasteiger partial charge in [0.1, 0.15) is 0 Å². The predicted octanol–water partition coefficient (Wildman–Crippen LogP) is 4.29. The summed E-state index contributed by atoms with van der Waals surface area (Å²) < 4.78 is 0. The Bertz CT molecular complexity index is 655.